The van der Waals surface area contributed by atoms with Crippen LogP contribution in [-0.4, -0.2) is 40.6 Å². The summed E-state index contributed by atoms with van der Waals surface area (Å²) in [5.74, 6) is 0.698. The summed E-state index contributed by atoms with van der Waals surface area (Å²) in [6.45, 7) is 0. The van der Waals surface area contributed by atoms with Gasteiger partial charge >= 0.3 is 0 Å². The van der Waals surface area contributed by atoms with Crippen molar-refractivity contribution >= 4 is 46.1 Å². The van der Waals surface area contributed by atoms with Crippen molar-refractivity contribution in [1.29, 1.82) is 0 Å². The molecule has 2 atom stereocenters. The van der Waals surface area contributed by atoms with Crippen LogP contribution in [0.25, 0.3) is 0 Å². The van der Waals surface area contributed by atoms with Gasteiger partial charge < -0.3 is 15.8 Å². The SMILES string of the molecule is CNc1c(N)ncc(OC2C=NN3C=CN=C(Cl)C23)c1Cl. The lowest BCUT2D eigenvalue weighted by molar-refractivity contribution is 0.211. The van der Waals surface area contributed by atoms with Crippen LogP contribution < -0.4 is 15.8 Å². The van der Waals surface area contributed by atoms with Crippen LogP contribution in [0.15, 0.2) is 28.7 Å². The molecule has 1 aromatic rings. The summed E-state index contributed by atoms with van der Waals surface area (Å²) in [6, 6.07) is -0.302. The topological polar surface area (TPSA) is 88.1 Å². The van der Waals surface area contributed by atoms with Gasteiger partial charge in [0.25, 0.3) is 0 Å². The second kappa shape index (κ2) is 5.42. The van der Waals surface area contributed by atoms with Crippen LogP contribution >= 0.6 is 23.2 Å². The Labute approximate surface area is 131 Å². The molecule has 0 saturated carbocycles. The van der Waals surface area contributed by atoms with Crippen LogP contribution in [0.5, 0.6) is 5.75 Å². The van der Waals surface area contributed by atoms with Gasteiger partial charge in [0.15, 0.2) is 11.9 Å². The molecule has 0 aliphatic carbocycles. The highest BCUT2D eigenvalue weighted by molar-refractivity contribution is 6.67. The molecule has 0 spiro atoms. The van der Waals surface area contributed by atoms with Gasteiger partial charge in [-0.05, 0) is 0 Å². The predicted molar refractivity (Wildman–Crippen MR) is 84.2 cm³/mol. The molecule has 0 aromatic carbocycles. The number of halogens is 2. The molecule has 0 bridgehead atoms. The summed E-state index contributed by atoms with van der Waals surface area (Å²) in [5.41, 5.74) is 6.26. The van der Waals surface area contributed by atoms with Crippen LogP contribution in [0.3, 0.4) is 0 Å². The molecule has 0 amide bonds. The van der Waals surface area contributed by atoms with Gasteiger partial charge in [-0.3, -0.25) is 5.01 Å². The number of hydrogen-bond acceptors (Lipinski definition) is 7. The van der Waals surface area contributed by atoms with Crippen molar-refractivity contribution in [2.24, 2.45) is 10.1 Å². The van der Waals surface area contributed by atoms with Crippen LogP contribution in [0, 0.1) is 0 Å². The number of nitrogens with one attached hydrogen (secondary N) is 1. The third-order valence-electron chi connectivity index (χ3n) is 3.13. The summed E-state index contributed by atoms with van der Waals surface area (Å²) in [6.07, 6.45) is 6.00. The lowest BCUT2D eigenvalue weighted by Crippen LogP contribution is -2.42. The minimum Gasteiger partial charge on any atom is -0.479 e. The van der Waals surface area contributed by atoms with Gasteiger partial charge in [0.2, 0.25) is 0 Å². The monoisotopic (exact) mass is 326 g/mol. The highest BCUT2D eigenvalue weighted by Crippen LogP contribution is 2.36. The second-order valence-corrected chi connectivity index (χ2v) is 5.13. The second-order valence-electron chi connectivity index (χ2n) is 4.37. The molecule has 3 N–H and O–H groups in total. The van der Waals surface area contributed by atoms with E-state index < -0.39 is 6.10 Å². The number of aliphatic imine (C=N–C) groups is 1. The maximum atomic E-state index is 6.26. The lowest BCUT2D eigenvalue weighted by atomic mass is 10.2. The van der Waals surface area contributed by atoms with Crippen LogP contribution in [0.2, 0.25) is 5.02 Å². The lowest BCUT2D eigenvalue weighted by Gasteiger charge is -2.26. The Bertz CT molecular complexity index is 659. The molecule has 7 nitrogen and oxygen atoms in total. The zero-order valence-electron chi connectivity index (χ0n) is 11.0. The number of aromatic nitrogens is 1. The van der Waals surface area contributed by atoms with Crippen molar-refractivity contribution in [1.82, 2.24) is 9.99 Å². The predicted octanol–water partition coefficient (Wildman–Crippen LogP) is 1.90. The van der Waals surface area contributed by atoms with Crippen LogP contribution in [0.4, 0.5) is 11.5 Å². The number of anilines is 2. The first-order valence-corrected chi connectivity index (χ1v) is 6.88. The Morgan fingerprint density at radius 2 is 2.24 bits per heavy atom. The van der Waals surface area contributed by atoms with E-state index in [2.05, 4.69) is 20.4 Å². The van der Waals surface area contributed by atoms with E-state index in [1.54, 1.807) is 30.7 Å². The fourth-order valence-corrected chi connectivity index (χ4v) is 2.68. The van der Waals surface area contributed by atoms with Crippen LogP contribution in [-0.2, 0) is 0 Å². The third kappa shape index (κ3) is 2.38. The zero-order chi connectivity index (χ0) is 15.0. The highest BCUT2D eigenvalue weighted by atomic mass is 35.5. The van der Waals surface area contributed by atoms with Crippen molar-refractivity contribution in [3.8, 4) is 5.75 Å². The Hall–Kier alpha value is -1.99. The van der Waals surface area contributed by atoms with E-state index in [9.17, 15) is 0 Å². The maximum absolute atomic E-state index is 6.26. The number of ether oxygens (including phenoxy) is 1. The van der Waals surface area contributed by atoms with E-state index in [4.69, 9.17) is 33.7 Å². The molecule has 3 heterocycles. The summed E-state index contributed by atoms with van der Waals surface area (Å²) < 4.78 is 5.86. The molecule has 2 aliphatic heterocycles. The molecule has 21 heavy (non-hydrogen) atoms. The highest BCUT2D eigenvalue weighted by Gasteiger charge is 2.37. The molecule has 3 rings (SSSR count). The standard InChI is InChI=1S/C12H12Cl2N6O/c1-16-9-8(13)6(4-18-12(9)15)21-7-5-19-20-3-2-17-11(14)10(7)20/h2-5,7,10,16H,1H3,(H2,15,18). The molecule has 0 radical (unpaired) electrons. The number of nitrogens with zero attached hydrogens (tertiary/aromatic N) is 4. The first-order chi connectivity index (χ1) is 10.1. The first kappa shape index (κ1) is 14.0. The van der Waals surface area contributed by atoms with Gasteiger partial charge in [-0.25, -0.2) is 9.98 Å². The van der Waals surface area contributed by atoms with E-state index in [0.717, 1.165) is 0 Å². The smallest absolute Gasteiger partial charge is 0.165 e. The van der Waals surface area contributed by atoms with Gasteiger partial charge in [-0.1, -0.05) is 23.2 Å². The number of rotatable bonds is 3. The maximum Gasteiger partial charge on any atom is 0.165 e. The normalized spacial score (nSPS) is 23.0. The largest absolute Gasteiger partial charge is 0.479 e. The van der Waals surface area contributed by atoms with Gasteiger partial charge in [0.1, 0.15) is 22.1 Å². The first-order valence-electron chi connectivity index (χ1n) is 6.12. The molecular formula is C12H12Cl2N6O. The third-order valence-corrected chi connectivity index (χ3v) is 3.83. The number of hydrazone groups is 1. The molecule has 1 aromatic heterocycles. The number of nitrogen functional groups attached to an aromatic ring is 1. The Balaban J connectivity index is 1.87. The number of nitrogens with two attached hydrogens (primary N) is 1. The molecule has 9 heteroatoms. The van der Waals surface area contributed by atoms with E-state index in [0.29, 0.717) is 27.4 Å². The minimum atomic E-state index is -0.418. The van der Waals surface area contributed by atoms with E-state index in [1.807, 2.05) is 0 Å². The Morgan fingerprint density at radius 1 is 1.43 bits per heavy atom. The van der Waals surface area contributed by atoms with E-state index in [1.165, 1.54) is 6.20 Å². The Morgan fingerprint density at radius 3 is 3.00 bits per heavy atom. The molecule has 110 valence electrons. The summed E-state index contributed by atoms with van der Waals surface area (Å²) in [7, 11) is 1.71. The quantitative estimate of drug-likeness (QED) is 0.885. The van der Waals surface area contributed by atoms with Gasteiger partial charge in [-0.15, -0.1) is 0 Å². The minimum absolute atomic E-state index is 0.302. The Kier molecular flexibility index (Phi) is 3.60. The van der Waals surface area contributed by atoms with Crippen molar-refractivity contribution in [2.45, 2.75) is 12.1 Å². The molecule has 2 aliphatic rings. The molecule has 0 fully saturated rings. The average molecular weight is 327 g/mol. The van der Waals surface area contributed by atoms with Gasteiger partial charge in [0.05, 0.1) is 18.1 Å². The zero-order valence-corrected chi connectivity index (χ0v) is 12.5. The number of pyridine rings is 1. The van der Waals surface area contributed by atoms with Crippen molar-refractivity contribution < 1.29 is 4.74 Å². The molecule has 2 unspecified atom stereocenters. The fraction of sp³-hybridized carbons (Fsp3) is 0.250. The number of fused-ring (bicyclic) bond motifs is 1. The summed E-state index contributed by atoms with van der Waals surface area (Å²) >= 11 is 12.4. The molecular weight excluding hydrogens is 315 g/mol. The van der Waals surface area contributed by atoms with E-state index in [-0.39, 0.29) is 6.04 Å². The van der Waals surface area contributed by atoms with Gasteiger partial charge in [-0.2, -0.15) is 5.10 Å². The average Bonchev–Trinajstić information content (AvgIpc) is 2.87. The van der Waals surface area contributed by atoms with E-state index >= 15 is 0 Å². The number of hydrogen-bond donors (Lipinski definition) is 2. The van der Waals surface area contributed by atoms with Gasteiger partial charge in [0, 0.05) is 19.4 Å². The summed E-state index contributed by atoms with van der Waals surface area (Å²) in [4.78, 5) is 8.10. The van der Waals surface area contributed by atoms with Crippen LogP contribution in [0.1, 0.15) is 0 Å². The van der Waals surface area contributed by atoms with Crippen molar-refractivity contribution in [2.75, 3.05) is 18.1 Å². The molecule has 0 saturated heterocycles. The van der Waals surface area contributed by atoms with Crippen molar-refractivity contribution in [3.63, 3.8) is 0 Å². The van der Waals surface area contributed by atoms with Crippen molar-refractivity contribution in [3.05, 3.63) is 23.6 Å². The summed E-state index contributed by atoms with van der Waals surface area (Å²) in [5, 5.41) is 9.52. The fourth-order valence-electron chi connectivity index (χ4n) is 2.12.